The first-order valence-corrected chi connectivity index (χ1v) is 6.23. The standard InChI is InChI=1S/C12H11BrN2O3.Na/c13-9-6-4-8(5-7-9)12-14-10(18-15-12)2-1-3-11(16)17;/h4-7H,1-3H2,(H,16,17);/q;+1/p-1. The van der Waals surface area contributed by atoms with E-state index in [-0.39, 0.29) is 36.0 Å². The van der Waals surface area contributed by atoms with Gasteiger partial charge in [-0.3, -0.25) is 0 Å². The van der Waals surface area contributed by atoms with Gasteiger partial charge in [-0.15, -0.1) is 0 Å². The zero-order valence-electron chi connectivity index (χ0n) is 10.4. The van der Waals surface area contributed by atoms with Crippen LogP contribution in [0.1, 0.15) is 18.7 Å². The average molecular weight is 333 g/mol. The summed E-state index contributed by atoms with van der Waals surface area (Å²) in [6, 6.07) is 7.53. The fraction of sp³-hybridized carbons (Fsp3) is 0.250. The van der Waals surface area contributed by atoms with E-state index in [0.717, 1.165) is 10.0 Å². The van der Waals surface area contributed by atoms with Crippen LogP contribution < -0.4 is 34.7 Å². The van der Waals surface area contributed by atoms with Crippen LogP contribution in [-0.2, 0) is 11.2 Å². The van der Waals surface area contributed by atoms with Gasteiger partial charge in [-0.1, -0.05) is 21.1 Å². The molecular weight excluding hydrogens is 323 g/mol. The third kappa shape index (κ3) is 5.06. The molecule has 2 rings (SSSR count). The third-order valence-electron chi connectivity index (χ3n) is 2.34. The summed E-state index contributed by atoms with van der Waals surface area (Å²) < 4.78 is 6.02. The number of halogens is 1. The molecule has 94 valence electrons. The second-order valence-electron chi connectivity index (χ2n) is 3.74. The second kappa shape index (κ2) is 7.79. The molecule has 0 saturated carbocycles. The van der Waals surface area contributed by atoms with Gasteiger partial charge in [0.05, 0.1) is 0 Å². The number of carbonyl (C=O) groups is 1. The Kier molecular flexibility index (Phi) is 6.71. The fourth-order valence-electron chi connectivity index (χ4n) is 1.46. The number of aromatic nitrogens is 2. The summed E-state index contributed by atoms with van der Waals surface area (Å²) in [6.07, 6.45) is 0.873. The number of aryl methyl sites for hydroxylation is 1. The molecule has 0 fully saturated rings. The van der Waals surface area contributed by atoms with E-state index in [0.29, 0.717) is 24.6 Å². The molecule has 1 aromatic carbocycles. The first kappa shape index (κ1) is 16.4. The number of nitrogens with zero attached hydrogens (tertiary/aromatic N) is 2. The number of aliphatic carboxylic acids is 1. The monoisotopic (exact) mass is 332 g/mol. The van der Waals surface area contributed by atoms with E-state index >= 15 is 0 Å². The van der Waals surface area contributed by atoms with Gasteiger partial charge in [0.2, 0.25) is 11.7 Å². The molecule has 0 aliphatic rings. The number of hydrogen-bond donors (Lipinski definition) is 0. The molecule has 0 N–H and O–H groups in total. The summed E-state index contributed by atoms with van der Waals surface area (Å²) in [7, 11) is 0. The Labute approximate surface area is 140 Å². The minimum Gasteiger partial charge on any atom is -0.550 e. The number of carboxylic acid groups (broad SMARTS) is 1. The Balaban J connectivity index is 0.00000180. The summed E-state index contributed by atoms with van der Waals surface area (Å²) in [5.74, 6) is -0.122. The largest absolute Gasteiger partial charge is 1.00 e. The van der Waals surface area contributed by atoms with Crippen LogP contribution in [0, 0.1) is 0 Å². The number of carbonyl (C=O) groups excluding carboxylic acids is 1. The number of rotatable bonds is 5. The Bertz CT molecular complexity index is 542. The molecule has 5 nitrogen and oxygen atoms in total. The second-order valence-corrected chi connectivity index (χ2v) is 4.66. The Morgan fingerprint density at radius 3 is 2.63 bits per heavy atom. The quantitative estimate of drug-likeness (QED) is 0.628. The molecule has 0 bridgehead atoms. The van der Waals surface area contributed by atoms with Crippen LogP contribution in [0.2, 0.25) is 0 Å². The van der Waals surface area contributed by atoms with Crippen LogP contribution in [0.5, 0.6) is 0 Å². The van der Waals surface area contributed by atoms with E-state index in [1.165, 1.54) is 0 Å². The Hall–Kier alpha value is -0.690. The first-order chi connectivity index (χ1) is 8.65. The topological polar surface area (TPSA) is 79.0 Å². The molecular formula is C12H10BrN2NaO3. The van der Waals surface area contributed by atoms with Crippen molar-refractivity contribution in [3.05, 3.63) is 34.6 Å². The van der Waals surface area contributed by atoms with Crippen molar-refractivity contribution in [1.29, 1.82) is 0 Å². The molecule has 0 atom stereocenters. The zero-order valence-corrected chi connectivity index (χ0v) is 14.0. The fourth-order valence-corrected chi connectivity index (χ4v) is 1.72. The van der Waals surface area contributed by atoms with Gasteiger partial charge < -0.3 is 14.4 Å². The maximum absolute atomic E-state index is 10.3. The molecule has 0 aliphatic carbocycles. The summed E-state index contributed by atoms with van der Waals surface area (Å²) in [5, 5.41) is 14.1. The van der Waals surface area contributed by atoms with E-state index in [1.807, 2.05) is 24.3 Å². The number of carboxylic acids is 1. The minimum atomic E-state index is -1.07. The van der Waals surface area contributed by atoms with Crippen molar-refractivity contribution in [3.8, 4) is 11.4 Å². The van der Waals surface area contributed by atoms with Crippen LogP contribution in [0.4, 0.5) is 0 Å². The molecule has 2 aromatic rings. The van der Waals surface area contributed by atoms with Crippen molar-refractivity contribution in [2.45, 2.75) is 19.3 Å². The van der Waals surface area contributed by atoms with Crippen molar-refractivity contribution < 1.29 is 44.0 Å². The summed E-state index contributed by atoms with van der Waals surface area (Å²) in [4.78, 5) is 14.5. The van der Waals surface area contributed by atoms with Gasteiger partial charge in [-0.05, 0) is 37.1 Å². The summed E-state index contributed by atoms with van der Waals surface area (Å²) in [5.41, 5.74) is 0.855. The first-order valence-electron chi connectivity index (χ1n) is 5.43. The van der Waals surface area contributed by atoms with E-state index in [9.17, 15) is 9.90 Å². The van der Waals surface area contributed by atoms with Gasteiger partial charge in [0.1, 0.15) is 0 Å². The van der Waals surface area contributed by atoms with Crippen LogP contribution in [0.15, 0.2) is 33.3 Å². The van der Waals surface area contributed by atoms with Crippen molar-refractivity contribution in [2.75, 3.05) is 0 Å². The molecule has 0 radical (unpaired) electrons. The van der Waals surface area contributed by atoms with Gasteiger partial charge in [-0.25, -0.2) is 0 Å². The number of hydrogen-bond acceptors (Lipinski definition) is 5. The molecule has 0 amide bonds. The van der Waals surface area contributed by atoms with Crippen molar-refractivity contribution >= 4 is 21.9 Å². The Morgan fingerprint density at radius 1 is 1.32 bits per heavy atom. The Morgan fingerprint density at radius 2 is 2.00 bits per heavy atom. The number of benzene rings is 1. The van der Waals surface area contributed by atoms with Crippen molar-refractivity contribution in [1.82, 2.24) is 10.1 Å². The molecule has 7 heteroatoms. The van der Waals surface area contributed by atoms with Gasteiger partial charge in [-0.2, -0.15) is 4.98 Å². The molecule has 1 aromatic heterocycles. The average Bonchev–Trinajstić information content (AvgIpc) is 2.78. The molecule has 19 heavy (non-hydrogen) atoms. The van der Waals surface area contributed by atoms with Crippen LogP contribution in [-0.4, -0.2) is 16.1 Å². The minimum absolute atomic E-state index is 0. The molecule has 0 saturated heterocycles. The van der Waals surface area contributed by atoms with Crippen LogP contribution in [0.25, 0.3) is 11.4 Å². The smallest absolute Gasteiger partial charge is 0.550 e. The zero-order chi connectivity index (χ0) is 13.0. The predicted octanol–water partition coefficient (Wildman–Crippen LogP) is -1.42. The molecule has 0 spiro atoms. The van der Waals surface area contributed by atoms with E-state index in [1.54, 1.807) is 0 Å². The molecule has 1 heterocycles. The maximum Gasteiger partial charge on any atom is 1.00 e. The summed E-state index contributed by atoms with van der Waals surface area (Å²) >= 11 is 3.35. The maximum atomic E-state index is 10.3. The van der Waals surface area contributed by atoms with Gasteiger partial charge in [0.25, 0.3) is 0 Å². The van der Waals surface area contributed by atoms with Gasteiger partial charge >= 0.3 is 29.6 Å². The SMILES string of the molecule is O=C([O-])CCCc1nc(-c2ccc(Br)cc2)no1.[Na+]. The third-order valence-corrected chi connectivity index (χ3v) is 2.87. The van der Waals surface area contributed by atoms with Gasteiger partial charge in [0, 0.05) is 22.4 Å². The van der Waals surface area contributed by atoms with Crippen molar-refractivity contribution in [3.63, 3.8) is 0 Å². The van der Waals surface area contributed by atoms with E-state index in [2.05, 4.69) is 26.1 Å². The van der Waals surface area contributed by atoms with Gasteiger partial charge in [0.15, 0.2) is 0 Å². The normalized spacial score (nSPS) is 9.95. The molecule has 0 aliphatic heterocycles. The summed E-state index contributed by atoms with van der Waals surface area (Å²) in [6.45, 7) is 0. The van der Waals surface area contributed by atoms with Crippen LogP contribution in [0.3, 0.4) is 0 Å². The predicted molar refractivity (Wildman–Crippen MR) is 65.4 cm³/mol. The molecule has 0 unspecified atom stereocenters. The van der Waals surface area contributed by atoms with E-state index < -0.39 is 5.97 Å². The van der Waals surface area contributed by atoms with Crippen LogP contribution >= 0.6 is 15.9 Å². The van der Waals surface area contributed by atoms with Crippen molar-refractivity contribution in [2.24, 2.45) is 0 Å². The van der Waals surface area contributed by atoms with E-state index in [4.69, 9.17) is 4.52 Å².